The second-order valence-electron chi connectivity index (χ2n) is 4.01. The molecule has 0 aliphatic carbocycles. The van der Waals surface area contributed by atoms with Crippen LogP contribution in [-0.2, 0) is 0 Å². The summed E-state index contributed by atoms with van der Waals surface area (Å²) in [6.45, 7) is 3.21. The van der Waals surface area contributed by atoms with Gasteiger partial charge in [0.15, 0.2) is 5.13 Å². The molecule has 92 valence electrons. The first kappa shape index (κ1) is 12.5. The van der Waals surface area contributed by atoms with E-state index in [4.69, 9.17) is 5.73 Å². The average Bonchev–Trinajstić information content (AvgIpc) is 2.70. The van der Waals surface area contributed by atoms with Gasteiger partial charge in [0.05, 0.1) is 10.2 Å². The molecule has 0 amide bonds. The lowest BCUT2D eigenvalue weighted by atomic mass is 10.3. The first-order chi connectivity index (χ1) is 8.19. The van der Waals surface area contributed by atoms with Gasteiger partial charge in [-0.25, -0.2) is 4.98 Å². The molecule has 1 unspecified atom stereocenters. The van der Waals surface area contributed by atoms with E-state index in [1.165, 1.54) is 0 Å². The summed E-state index contributed by atoms with van der Waals surface area (Å²) in [6, 6.07) is 5.83. The number of fused-ring (bicyclic) bond motifs is 1. The first-order valence-electron chi connectivity index (χ1n) is 5.62. The zero-order valence-electron chi connectivity index (χ0n) is 10.1. The average molecular weight is 267 g/mol. The van der Waals surface area contributed by atoms with E-state index >= 15 is 0 Å². The van der Waals surface area contributed by atoms with Gasteiger partial charge in [0.2, 0.25) is 0 Å². The number of nitrogen functional groups attached to an aromatic ring is 1. The number of nitrogens with zero attached hydrogens (tertiary/aromatic N) is 1. The molecule has 0 bridgehead atoms. The van der Waals surface area contributed by atoms with Crippen molar-refractivity contribution < 1.29 is 0 Å². The molecule has 5 heteroatoms. The van der Waals surface area contributed by atoms with Crippen LogP contribution in [0.1, 0.15) is 13.3 Å². The summed E-state index contributed by atoms with van der Waals surface area (Å²) in [5.41, 5.74) is 7.56. The normalized spacial score (nSPS) is 12.8. The molecule has 3 N–H and O–H groups in total. The molecule has 1 heterocycles. The van der Waals surface area contributed by atoms with E-state index in [1.807, 2.05) is 30.0 Å². The monoisotopic (exact) mass is 267 g/mol. The van der Waals surface area contributed by atoms with Gasteiger partial charge in [-0.3, -0.25) is 0 Å². The Bertz CT molecular complexity index is 495. The fourth-order valence-corrected chi connectivity index (χ4v) is 2.81. The van der Waals surface area contributed by atoms with Gasteiger partial charge < -0.3 is 11.1 Å². The molecule has 1 aromatic heterocycles. The molecule has 0 aliphatic heterocycles. The Morgan fingerprint density at radius 2 is 2.35 bits per heavy atom. The second kappa shape index (κ2) is 5.60. The van der Waals surface area contributed by atoms with Crippen LogP contribution in [0, 0.1) is 0 Å². The zero-order chi connectivity index (χ0) is 12.3. The molecule has 2 rings (SSSR count). The molecule has 0 saturated carbocycles. The Morgan fingerprint density at radius 1 is 1.53 bits per heavy atom. The van der Waals surface area contributed by atoms with E-state index in [2.05, 4.69) is 23.5 Å². The van der Waals surface area contributed by atoms with Crippen molar-refractivity contribution in [2.45, 2.75) is 18.6 Å². The number of nitrogens with two attached hydrogens (primary N) is 1. The highest BCUT2D eigenvalue weighted by Crippen LogP contribution is 2.27. The number of aromatic nitrogens is 1. The van der Waals surface area contributed by atoms with Crippen LogP contribution >= 0.6 is 23.1 Å². The van der Waals surface area contributed by atoms with Crippen LogP contribution < -0.4 is 11.1 Å². The van der Waals surface area contributed by atoms with Gasteiger partial charge in [0.25, 0.3) is 0 Å². The molecular weight excluding hydrogens is 250 g/mol. The third kappa shape index (κ3) is 3.26. The van der Waals surface area contributed by atoms with Crippen LogP contribution in [0.15, 0.2) is 18.2 Å². The molecule has 0 saturated heterocycles. The second-order valence-corrected chi connectivity index (χ2v) is 6.31. The number of hydrogen-bond donors (Lipinski definition) is 2. The summed E-state index contributed by atoms with van der Waals surface area (Å²) in [4.78, 5) is 4.52. The first-order valence-corrected chi connectivity index (χ1v) is 7.72. The molecule has 1 atom stereocenters. The molecule has 3 nitrogen and oxygen atoms in total. The molecule has 0 fully saturated rings. The van der Waals surface area contributed by atoms with E-state index in [1.54, 1.807) is 11.3 Å². The van der Waals surface area contributed by atoms with Crippen molar-refractivity contribution in [3.8, 4) is 0 Å². The van der Waals surface area contributed by atoms with E-state index in [-0.39, 0.29) is 0 Å². The van der Waals surface area contributed by atoms with Crippen molar-refractivity contribution in [3.05, 3.63) is 18.2 Å². The maximum atomic E-state index is 5.75. The highest BCUT2D eigenvalue weighted by Gasteiger charge is 2.04. The summed E-state index contributed by atoms with van der Waals surface area (Å²) in [5.74, 6) is 0. The molecule has 1 aromatic carbocycles. The number of rotatable bonds is 5. The molecule has 17 heavy (non-hydrogen) atoms. The maximum Gasteiger partial charge on any atom is 0.183 e. The topological polar surface area (TPSA) is 50.9 Å². The van der Waals surface area contributed by atoms with E-state index < -0.39 is 0 Å². The third-order valence-corrected chi connectivity index (χ3v) is 4.66. The molecule has 0 radical (unpaired) electrons. The highest BCUT2D eigenvalue weighted by atomic mass is 32.2. The molecular formula is C12H17N3S2. The lowest BCUT2D eigenvalue weighted by Gasteiger charge is -2.07. The molecule has 0 aliphatic rings. The van der Waals surface area contributed by atoms with Gasteiger partial charge >= 0.3 is 0 Å². The minimum Gasteiger partial charge on any atom is -0.399 e. The molecule has 2 aromatic rings. The summed E-state index contributed by atoms with van der Waals surface area (Å²) in [7, 11) is 0. The van der Waals surface area contributed by atoms with Crippen molar-refractivity contribution in [2.75, 3.05) is 23.9 Å². The van der Waals surface area contributed by atoms with E-state index in [0.29, 0.717) is 5.25 Å². The van der Waals surface area contributed by atoms with E-state index in [0.717, 1.165) is 34.0 Å². The Balaban J connectivity index is 1.99. The van der Waals surface area contributed by atoms with Gasteiger partial charge in [-0.05, 0) is 30.9 Å². The summed E-state index contributed by atoms with van der Waals surface area (Å²) in [6.07, 6.45) is 3.30. The summed E-state index contributed by atoms with van der Waals surface area (Å²) in [5, 5.41) is 5.04. The Morgan fingerprint density at radius 3 is 3.12 bits per heavy atom. The predicted octanol–water partition coefficient (Wildman–Crippen LogP) is 3.43. The smallest absolute Gasteiger partial charge is 0.183 e. The molecule has 0 spiro atoms. The van der Waals surface area contributed by atoms with Gasteiger partial charge in [-0.1, -0.05) is 18.3 Å². The van der Waals surface area contributed by atoms with Gasteiger partial charge in [0.1, 0.15) is 0 Å². The van der Waals surface area contributed by atoms with Gasteiger partial charge in [-0.2, -0.15) is 11.8 Å². The van der Waals surface area contributed by atoms with E-state index in [9.17, 15) is 0 Å². The number of thiazole rings is 1. The largest absolute Gasteiger partial charge is 0.399 e. The predicted molar refractivity (Wildman–Crippen MR) is 80.1 cm³/mol. The Kier molecular flexibility index (Phi) is 4.12. The SMILES string of the molecule is CSC(C)CCNc1nc2ccc(N)cc2s1. The number of hydrogen-bond acceptors (Lipinski definition) is 5. The minimum absolute atomic E-state index is 0.688. The number of thioether (sulfide) groups is 1. The van der Waals surface area contributed by atoms with Gasteiger partial charge in [0, 0.05) is 17.5 Å². The quantitative estimate of drug-likeness (QED) is 0.815. The lowest BCUT2D eigenvalue weighted by Crippen LogP contribution is -2.07. The Labute approximate surface area is 110 Å². The number of nitrogens with one attached hydrogen (secondary N) is 1. The van der Waals surface area contributed by atoms with Crippen LogP contribution in [0.4, 0.5) is 10.8 Å². The summed E-state index contributed by atoms with van der Waals surface area (Å²) < 4.78 is 1.14. The highest BCUT2D eigenvalue weighted by molar-refractivity contribution is 7.99. The lowest BCUT2D eigenvalue weighted by molar-refractivity contribution is 0.853. The standard InChI is InChI=1S/C12H17N3S2/c1-8(16-2)5-6-14-12-15-10-4-3-9(13)7-11(10)17-12/h3-4,7-8H,5-6,13H2,1-2H3,(H,14,15). The van der Waals surface area contributed by atoms with Crippen molar-refractivity contribution in [1.82, 2.24) is 4.98 Å². The van der Waals surface area contributed by atoms with Crippen LogP contribution in [0.25, 0.3) is 10.2 Å². The van der Waals surface area contributed by atoms with Crippen LogP contribution in [0.2, 0.25) is 0 Å². The minimum atomic E-state index is 0.688. The van der Waals surface area contributed by atoms with Crippen molar-refractivity contribution in [1.29, 1.82) is 0 Å². The van der Waals surface area contributed by atoms with Crippen LogP contribution in [0.5, 0.6) is 0 Å². The fourth-order valence-electron chi connectivity index (χ4n) is 1.52. The number of benzene rings is 1. The number of anilines is 2. The fraction of sp³-hybridized carbons (Fsp3) is 0.417. The van der Waals surface area contributed by atoms with Crippen molar-refractivity contribution in [3.63, 3.8) is 0 Å². The maximum absolute atomic E-state index is 5.75. The van der Waals surface area contributed by atoms with Crippen molar-refractivity contribution >= 4 is 44.1 Å². The zero-order valence-corrected chi connectivity index (χ0v) is 11.7. The van der Waals surface area contributed by atoms with Crippen molar-refractivity contribution in [2.24, 2.45) is 0 Å². The van der Waals surface area contributed by atoms with Gasteiger partial charge in [-0.15, -0.1) is 0 Å². The summed E-state index contributed by atoms with van der Waals surface area (Å²) >= 11 is 3.56. The Hall–Kier alpha value is -0.940. The van der Waals surface area contributed by atoms with Crippen LogP contribution in [-0.4, -0.2) is 23.0 Å². The third-order valence-electron chi connectivity index (χ3n) is 2.64. The van der Waals surface area contributed by atoms with Crippen LogP contribution in [0.3, 0.4) is 0 Å².